The maximum absolute atomic E-state index is 12.0. The maximum Gasteiger partial charge on any atom is 0.182 e. The number of benzene rings is 1. The van der Waals surface area contributed by atoms with E-state index < -0.39 is 16.4 Å². The van der Waals surface area contributed by atoms with Gasteiger partial charge in [0.25, 0.3) is 0 Å². The molecule has 0 saturated carbocycles. The third-order valence-electron chi connectivity index (χ3n) is 2.56. The third kappa shape index (κ3) is 3.10. The van der Waals surface area contributed by atoms with Crippen molar-refractivity contribution in [2.45, 2.75) is 11.8 Å². The molecule has 6 heteroatoms. The topological polar surface area (TPSA) is 83.6 Å². The summed E-state index contributed by atoms with van der Waals surface area (Å²) in [5.74, 6) is -0.291. The zero-order valence-corrected chi connectivity index (χ0v) is 10.9. The van der Waals surface area contributed by atoms with E-state index in [0.717, 1.165) is 0 Å². The van der Waals surface area contributed by atoms with Crippen LogP contribution >= 0.6 is 0 Å². The van der Waals surface area contributed by atoms with Crippen LogP contribution in [0.15, 0.2) is 23.1 Å². The number of nitrogen functional groups attached to an aromatic ring is 1. The van der Waals surface area contributed by atoms with E-state index in [-0.39, 0.29) is 10.6 Å². The zero-order valence-electron chi connectivity index (χ0n) is 10.0. The number of rotatable bonds is 5. The average molecular weight is 258 g/mol. The molecule has 17 heavy (non-hydrogen) atoms. The lowest BCUT2D eigenvalue weighted by Gasteiger charge is -2.20. The van der Waals surface area contributed by atoms with Crippen molar-refractivity contribution in [1.82, 2.24) is 0 Å². The second-order valence-corrected chi connectivity index (χ2v) is 5.86. The summed E-state index contributed by atoms with van der Waals surface area (Å²) >= 11 is 0. The monoisotopic (exact) mass is 258 g/mol. The molecule has 1 aromatic rings. The van der Waals surface area contributed by atoms with Gasteiger partial charge in [-0.2, -0.15) is 0 Å². The number of nitrogens with zero attached hydrogens (tertiary/aromatic N) is 1. The summed E-state index contributed by atoms with van der Waals surface area (Å²) in [6.07, 6.45) is 0. The number of nitrogens with two attached hydrogens (primary N) is 1. The van der Waals surface area contributed by atoms with E-state index in [4.69, 9.17) is 10.8 Å². The smallest absolute Gasteiger partial charge is 0.182 e. The summed E-state index contributed by atoms with van der Waals surface area (Å²) in [4.78, 5) is 2.00. The van der Waals surface area contributed by atoms with Gasteiger partial charge >= 0.3 is 0 Å². The second kappa shape index (κ2) is 5.37. The summed E-state index contributed by atoms with van der Waals surface area (Å²) in [5, 5.41) is 8.80. The highest BCUT2D eigenvalue weighted by atomic mass is 32.2. The maximum atomic E-state index is 12.0. The molecular weight excluding hydrogens is 240 g/mol. The van der Waals surface area contributed by atoms with Crippen molar-refractivity contribution in [3.05, 3.63) is 18.2 Å². The van der Waals surface area contributed by atoms with Crippen molar-refractivity contribution in [1.29, 1.82) is 0 Å². The van der Waals surface area contributed by atoms with Crippen LogP contribution in [0.2, 0.25) is 0 Å². The first-order valence-corrected chi connectivity index (χ1v) is 7.02. The minimum absolute atomic E-state index is 0.177. The molecule has 0 aliphatic heterocycles. The highest BCUT2D eigenvalue weighted by Gasteiger charge is 2.20. The molecule has 3 N–H and O–H groups in total. The van der Waals surface area contributed by atoms with Crippen molar-refractivity contribution >= 4 is 21.2 Å². The van der Waals surface area contributed by atoms with Crippen molar-refractivity contribution in [2.75, 3.05) is 36.6 Å². The molecule has 0 amide bonds. The zero-order chi connectivity index (χ0) is 13.1. The Labute approximate surface area is 102 Å². The molecule has 5 nitrogen and oxygen atoms in total. The Morgan fingerprint density at radius 1 is 1.41 bits per heavy atom. The number of hydrogen-bond acceptors (Lipinski definition) is 5. The van der Waals surface area contributed by atoms with Crippen LogP contribution in [0.3, 0.4) is 0 Å². The molecule has 0 aliphatic carbocycles. The lowest BCUT2D eigenvalue weighted by Crippen LogP contribution is -2.20. The van der Waals surface area contributed by atoms with Gasteiger partial charge in [-0.3, -0.25) is 0 Å². The normalized spacial score (nSPS) is 11.5. The van der Waals surface area contributed by atoms with Gasteiger partial charge in [0.05, 0.1) is 22.9 Å². The van der Waals surface area contributed by atoms with E-state index in [0.29, 0.717) is 17.9 Å². The van der Waals surface area contributed by atoms with Crippen molar-refractivity contribution < 1.29 is 13.5 Å². The lowest BCUT2D eigenvalue weighted by molar-refractivity contribution is 0.319. The number of anilines is 2. The number of aliphatic hydroxyl groups is 1. The minimum atomic E-state index is -3.49. The number of aliphatic hydroxyl groups excluding tert-OH is 1. The van der Waals surface area contributed by atoms with Gasteiger partial charge < -0.3 is 15.7 Å². The fraction of sp³-hybridized carbons (Fsp3) is 0.455. The van der Waals surface area contributed by atoms with Crippen molar-refractivity contribution in [3.63, 3.8) is 0 Å². The molecule has 0 aliphatic rings. The van der Waals surface area contributed by atoms with E-state index in [1.165, 1.54) is 6.07 Å². The van der Waals surface area contributed by atoms with Crippen molar-refractivity contribution in [2.24, 2.45) is 0 Å². The predicted molar refractivity (Wildman–Crippen MR) is 68.9 cm³/mol. The van der Waals surface area contributed by atoms with Crippen LogP contribution in [0.1, 0.15) is 6.92 Å². The molecule has 0 unspecified atom stereocenters. The SMILES string of the molecule is CCN(C)c1ccc(N)cc1S(=O)(=O)CCO. The molecule has 0 fully saturated rings. The van der Waals surface area contributed by atoms with Gasteiger partial charge in [0.15, 0.2) is 9.84 Å². The molecule has 0 bridgehead atoms. The van der Waals surface area contributed by atoms with Crippen LogP contribution < -0.4 is 10.6 Å². The third-order valence-corrected chi connectivity index (χ3v) is 4.28. The van der Waals surface area contributed by atoms with Gasteiger partial charge in [0, 0.05) is 19.3 Å². The van der Waals surface area contributed by atoms with Crippen LogP contribution in [0, 0.1) is 0 Å². The second-order valence-electron chi connectivity index (χ2n) is 3.78. The molecule has 1 rings (SSSR count). The molecule has 0 aromatic heterocycles. The van der Waals surface area contributed by atoms with Crippen LogP contribution in [0.25, 0.3) is 0 Å². The quantitative estimate of drug-likeness (QED) is 0.751. The summed E-state index contributed by atoms with van der Waals surface area (Å²) in [7, 11) is -1.68. The van der Waals surface area contributed by atoms with E-state index in [1.54, 1.807) is 12.1 Å². The largest absolute Gasteiger partial charge is 0.399 e. The van der Waals surface area contributed by atoms with E-state index in [1.807, 2.05) is 18.9 Å². The minimum Gasteiger partial charge on any atom is -0.399 e. The van der Waals surface area contributed by atoms with Crippen LogP contribution in [0.5, 0.6) is 0 Å². The molecule has 1 aromatic carbocycles. The predicted octanol–water partition coefficient (Wildman–Crippen LogP) is 0.491. The summed E-state index contributed by atoms with van der Waals surface area (Å²) in [6.45, 7) is 2.22. The van der Waals surface area contributed by atoms with E-state index in [9.17, 15) is 8.42 Å². The standard InChI is InChI=1S/C11H18N2O3S/c1-3-13(2)10-5-4-9(12)8-11(10)17(15,16)7-6-14/h4-5,8,14H,3,6-7,12H2,1-2H3. The lowest BCUT2D eigenvalue weighted by atomic mass is 10.2. The number of hydrogen-bond donors (Lipinski definition) is 2. The Bertz CT molecular complexity index is 485. The Morgan fingerprint density at radius 3 is 2.59 bits per heavy atom. The fourth-order valence-corrected chi connectivity index (χ4v) is 2.81. The Balaban J connectivity index is 3.34. The molecule has 0 atom stereocenters. The summed E-state index contributed by atoms with van der Waals surface area (Å²) in [6, 6.07) is 4.79. The first kappa shape index (κ1) is 13.8. The Kier molecular flexibility index (Phi) is 4.36. The van der Waals surface area contributed by atoms with Gasteiger partial charge in [-0.1, -0.05) is 0 Å². The molecule has 0 spiro atoms. The van der Waals surface area contributed by atoms with Crippen molar-refractivity contribution in [3.8, 4) is 0 Å². The van der Waals surface area contributed by atoms with Gasteiger partial charge in [0.2, 0.25) is 0 Å². The van der Waals surface area contributed by atoms with Crippen LogP contribution in [0.4, 0.5) is 11.4 Å². The van der Waals surface area contributed by atoms with Gasteiger partial charge in [0.1, 0.15) is 0 Å². The highest BCUT2D eigenvalue weighted by molar-refractivity contribution is 7.91. The fourth-order valence-electron chi connectivity index (χ4n) is 1.50. The van der Waals surface area contributed by atoms with Crippen LogP contribution in [-0.4, -0.2) is 39.5 Å². The first-order chi connectivity index (χ1) is 7.92. The summed E-state index contributed by atoms with van der Waals surface area (Å²) < 4.78 is 24.0. The first-order valence-electron chi connectivity index (χ1n) is 5.36. The van der Waals surface area contributed by atoms with E-state index >= 15 is 0 Å². The number of sulfone groups is 1. The molecule has 0 heterocycles. The van der Waals surface area contributed by atoms with Crippen LogP contribution in [-0.2, 0) is 9.84 Å². The molecule has 0 radical (unpaired) electrons. The molecule has 96 valence electrons. The summed E-state index contributed by atoms with van der Waals surface area (Å²) in [5.41, 5.74) is 6.62. The van der Waals surface area contributed by atoms with Gasteiger partial charge in [-0.05, 0) is 25.1 Å². The molecular formula is C11H18N2O3S. The van der Waals surface area contributed by atoms with Gasteiger partial charge in [-0.15, -0.1) is 0 Å². The highest BCUT2D eigenvalue weighted by Crippen LogP contribution is 2.27. The average Bonchev–Trinajstić information content (AvgIpc) is 2.28. The molecule has 0 saturated heterocycles. The van der Waals surface area contributed by atoms with E-state index in [2.05, 4.69) is 0 Å². The Hall–Kier alpha value is -1.27. The van der Waals surface area contributed by atoms with Gasteiger partial charge in [-0.25, -0.2) is 8.42 Å². The Morgan fingerprint density at radius 2 is 2.06 bits per heavy atom.